The van der Waals surface area contributed by atoms with E-state index in [1.165, 1.54) is 0 Å². The Morgan fingerprint density at radius 2 is 2.11 bits per heavy atom. The summed E-state index contributed by atoms with van der Waals surface area (Å²) in [7, 11) is 5.22. The molecule has 0 spiro atoms. The lowest BCUT2D eigenvalue weighted by molar-refractivity contribution is -0.144. The fraction of sp³-hybridized carbons (Fsp3) is 0.500. The molecule has 0 radical (unpaired) electrons. The number of hydrogen-bond acceptors (Lipinski definition) is 4. The third-order valence-electron chi connectivity index (χ3n) is 3.47. The summed E-state index contributed by atoms with van der Waals surface area (Å²) in [5, 5.41) is 12.1. The Hall–Kier alpha value is -1.75. The molecule has 19 heavy (non-hydrogen) atoms. The number of anilines is 1. The summed E-state index contributed by atoms with van der Waals surface area (Å²) >= 11 is 0. The predicted molar refractivity (Wildman–Crippen MR) is 76.0 cm³/mol. The summed E-state index contributed by atoms with van der Waals surface area (Å²) < 4.78 is 5.30. The van der Waals surface area contributed by atoms with Crippen LogP contribution in [0.3, 0.4) is 0 Å². The molecular weight excluding hydrogens is 244 g/mol. The van der Waals surface area contributed by atoms with Crippen LogP contribution in [0.15, 0.2) is 24.3 Å². The van der Waals surface area contributed by atoms with Crippen molar-refractivity contribution in [3.8, 4) is 5.75 Å². The van der Waals surface area contributed by atoms with Crippen LogP contribution < -0.4 is 15.0 Å². The van der Waals surface area contributed by atoms with E-state index in [0.29, 0.717) is 13.0 Å². The number of benzene rings is 1. The molecule has 0 fully saturated rings. The molecule has 0 saturated heterocycles. The molecule has 0 saturated carbocycles. The van der Waals surface area contributed by atoms with Crippen molar-refractivity contribution in [2.24, 2.45) is 0 Å². The maximum Gasteiger partial charge on any atom is 0.323 e. The van der Waals surface area contributed by atoms with E-state index in [9.17, 15) is 9.90 Å². The number of carbonyl (C=O) groups is 1. The Kier molecular flexibility index (Phi) is 5.18. The van der Waals surface area contributed by atoms with Crippen LogP contribution in [0.1, 0.15) is 13.3 Å². The van der Waals surface area contributed by atoms with Crippen LogP contribution in [0.4, 0.5) is 5.69 Å². The molecule has 1 aromatic rings. The maximum absolute atomic E-state index is 11.2. The van der Waals surface area contributed by atoms with Gasteiger partial charge in [-0.15, -0.1) is 0 Å². The number of rotatable bonds is 7. The van der Waals surface area contributed by atoms with E-state index in [0.717, 1.165) is 11.4 Å². The molecule has 0 aromatic heterocycles. The van der Waals surface area contributed by atoms with Crippen molar-refractivity contribution >= 4 is 11.7 Å². The second kappa shape index (κ2) is 6.43. The topological polar surface area (TPSA) is 61.8 Å². The highest BCUT2D eigenvalue weighted by Crippen LogP contribution is 2.27. The molecule has 106 valence electrons. The zero-order valence-corrected chi connectivity index (χ0v) is 11.9. The maximum atomic E-state index is 11.2. The Balaban J connectivity index is 2.75. The van der Waals surface area contributed by atoms with Gasteiger partial charge >= 0.3 is 5.97 Å². The first-order valence-electron chi connectivity index (χ1n) is 6.21. The molecule has 0 aliphatic carbocycles. The summed E-state index contributed by atoms with van der Waals surface area (Å²) in [6.07, 6.45) is 0.493. The van der Waals surface area contributed by atoms with E-state index in [-0.39, 0.29) is 0 Å². The number of carboxylic acids is 1. The summed E-state index contributed by atoms with van der Waals surface area (Å²) in [5.41, 5.74) is 0.0323. The van der Waals surface area contributed by atoms with Gasteiger partial charge in [0.25, 0.3) is 0 Å². The molecule has 1 aromatic carbocycles. The second-order valence-electron chi connectivity index (χ2n) is 4.73. The number of likely N-dealkylation sites (N-methyl/N-ethyl adjacent to an activating group) is 1. The van der Waals surface area contributed by atoms with E-state index >= 15 is 0 Å². The van der Waals surface area contributed by atoms with Crippen LogP contribution in [0.2, 0.25) is 0 Å². The van der Waals surface area contributed by atoms with Crippen molar-refractivity contribution in [2.45, 2.75) is 18.9 Å². The Morgan fingerprint density at radius 1 is 1.47 bits per heavy atom. The number of ether oxygens (including phenoxy) is 1. The number of para-hydroxylation sites is 2. The predicted octanol–water partition coefficient (Wildman–Crippen LogP) is 1.58. The molecule has 1 atom stereocenters. The number of nitrogens with one attached hydrogen (secondary N) is 1. The first kappa shape index (κ1) is 15.3. The zero-order valence-electron chi connectivity index (χ0n) is 11.9. The third kappa shape index (κ3) is 3.61. The van der Waals surface area contributed by atoms with Gasteiger partial charge in [0.05, 0.1) is 12.8 Å². The molecule has 1 rings (SSSR count). The number of carboxylic acid groups (broad SMARTS) is 1. The highest BCUT2D eigenvalue weighted by Gasteiger charge is 2.31. The van der Waals surface area contributed by atoms with Crippen molar-refractivity contribution in [1.29, 1.82) is 0 Å². The van der Waals surface area contributed by atoms with Crippen LogP contribution >= 0.6 is 0 Å². The molecule has 0 heterocycles. The number of hydrogen-bond donors (Lipinski definition) is 2. The van der Waals surface area contributed by atoms with Crippen molar-refractivity contribution < 1.29 is 14.6 Å². The van der Waals surface area contributed by atoms with Crippen LogP contribution in [-0.4, -0.2) is 44.4 Å². The minimum absolute atomic E-state index is 0.493. The van der Waals surface area contributed by atoms with Gasteiger partial charge in [0.15, 0.2) is 0 Å². The smallest absolute Gasteiger partial charge is 0.323 e. The van der Waals surface area contributed by atoms with Gasteiger partial charge in [-0.3, -0.25) is 4.79 Å². The van der Waals surface area contributed by atoms with Crippen LogP contribution in [0.5, 0.6) is 5.75 Å². The van der Waals surface area contributed by atoms with E-state index in [1.807, 2.05) is 36.2 Å². The van der Waals surface area contributed by atoms with Gasteiger partial charge in [0.1, 0.15) is 11.3 Å². The van der Waals surface area contributed by atoms with Gasteiger partial charge in [-0.05, 0) is 32.5 Å². The van der Waals surface area contributed by atoms with Gasteiger partial charge in [-0.2, -0.15) is 0 Å². The monoisotopic (exact) mass is 266 g/mol. The lowest BCUT2D eigenvalue weighted by Gasteiger charge is -2.28. The van der Waals surface area contributed by atoms with Gasteiger partial charge in [0, 0.05) is 13.6 Å². The minimum atomic E-state index is -0.920. The fourth-order valence-electron chi connectivity index (χ4n) is 1.80. The summed E-state index contributed by atoms with van der Waals surface area (Å²) in [6.45, 7) is 2.30. The standard InChI is InChI=1S/C14H22N2O3/c1-14(15-2,13(17)18)9-10-16(3)11-7-5-6-8-12(11)19-4/h5-8,15H,9-10H2,1-4H3,(H,17,18). The van der Waals surface area contributed by atoms with Gasteiger partial charge in [-0.1, -0.05) is 12.1 Å². The van der Waals surface area contributed by atoms with Gasteiger partial charge in [-0.25, -0.2) is 0 Å². The Bertz CT molecular complexity index is 436. The fourth-order valence-corrected chi connectivity index (χ4v) is 1.80. The molecule has 5 heteroatoms. The van der Waals surface area contributed by atoms with Crippen LogP contribution in [-0.2, 0) is 4.79 Å². The minimum Gasteiger partial charge on any atom is -0.495 e. The Labute approximate surface area is 114 Å². The van der Waals surface area contributed by atoms with Crippen molar-refractivity contribution in [3.05, 3.63) is 24.3 Å². The lowest BCUT2D eigenvalue weighted by atomic mass is 9.98. The van der Waals surface area contributed by atoms with Crippen molar-refractivity contribution in [2.75, 3.05) is 32.6 Å². The second-order valence-corrected chi connectivity index (χ2v) is 4.73. The van der Waals surface area contributed by atoms with E-state index in [4.69, 9.17) is 4.74 Å². The SMILES string of the molecule is CNC(C)(CCN(C)c1ccccc1OC)C(=O)O. The van der Waals surface area contributed by atoms with Crippen LogP contribution in [0.25, 0.3) is 0 Å². The number of methoxy groups -OCH3 is 1. The molecule has 0 aliphatic heterocycles. The van der Waals surface area contributed by atoms with Gasteiger partial charge in [0.2, 0.25) is 0 Å². The van der Waals surface area contributed by atoms with E-state index in [2.05, 4.69) is 5.32 Å². The quantitative estimate of drug-likeness (QED) is 0.784. The average molecular weight is 266 g/mol. The molecule has 0 amide bonds. The largest absolute Gasteiger partial charge is 0.495 e. The molecule has 2 N–H and O–H groups in total. The van der Waals surface area contributed by atoms with Crippen molar-refractivity contribution in [3.63, 3.8) is 0 Å². The average Bonchev–Trinajstić information content (AvgIpc) is 2.43. The number of nitrogens with zero attached hydrogens (tertiary/aromatic N) is 1. The normalized spacial score (nSPS) is 13.7. The van der Waals surface area contributed by atoms with Crippen molar-refractivity contribution in [1.82, 2.24) is 5.32 Å². The highest BCUT2D eigenvalue weighted by atomic mass is 16.5. The number of aliphatic carboxylic acids is 1. The first-order valence-corrected chi connectivity index (χ1v) is 6.21. The zero-order chi connectivity index (χ0) is 14.5. The highest BCUT2D eigenvalue weighted by molar-refractivity contribution is 5.78. The molecule has 1 unspecified atom stereocenters. The molecule has 0 aliphatic rings. The molecule has 0 bridgehead atoms. The summed E-state index contributed by atoms with van der Waals surface area (Å²) in [5.74, 6) is -0.0603. The van der Waals surface area contributed by atoms with E-state index < -0.39 is 11.5 Å². The molecule has 5 nitrogen and oxygen atoms in total. The van der Waals surface area contributed by atoms with Crippen LogP contribution in [0, 0.1) is 0 Å². The third-order valence-corrected chi connectivity index (χ3v) is 3.47. The summed E-state index contributed by atoms with van der Waals surface area (Å²) in [6, 6.07) is 7.69. The summed E-state index contributed by atoms with van der Waals surface area (Å²) in [4.78, 5) is 13.2. The Morgan fingerprint density at radius 3 is 2.63 bits per heavy atom. The van der Waals surface area contributed by atoms with E-state index in [1.54, 1.807) is 21.1 Å². The lowest BCUT2D eigenvalue weighted by Crippen LogP contribution is -2.49. The van der Waals surface area contributed by atoms with Gasteiger partial charge < -0.3 is 20.1 Å². The molecular formula is C14H22N2O3. The first-order chi connectivity index (χ1) is 8.94.